The molecule has 0 unspecified atom stereocenters. The van der Waals surface area contributed by atoms with Crippen molar-refractivity contribution in [2.45, 2.75) is 32.7 Å². The fourth-order valence-corrected chi connectivity index (χ4v) is 5.14. The lowest BCUT2D eigenvalue weighted by atomic mass is 10.1. The van der Waals surface area contributed by atoms with Crippen LogP contribution in [0.1, 0.15) is 32.3 Å². The molecular weight excluding hydrogens is 521 g/mol. The number of hydrogen-bond donors (Lipinski definition) is 0. The summed E-state index contributed by atoms with van der Waals surface area (Å²) >= 11 is 6.71. The van der Waals surface area contributed by atoms with Crippen LogP contribution in [0, 0.1) is 5.82 Å². The topological polar surface area (TPSA) is 97.1 Å². The highest BCUT2D eigenvalue weighted by Crippen LogP contribution is 2.35. The molecule has 1 amide bonds. The minimum atomic E-state index is -0.593. The smallest absolute Gasteiger partial charge is 0.350 e. The molecule has 9 nitrogen and oxygen atoms in total. The van der Waals surface area contributed by atoms with Crippen LogP contribution in [0.4, 0.5) is 10.2 Å². The molecule has 0 spiro atoms. The van der Waals surface area contributed by atoms with Crippen LogP contribution in [0.15, 0.2) is 60.3 Å². The predicted octanol–water partition coefficient (Wildman–Crippen LogP) is 4.38. The highest BCUT2D eigenvalue weighted by Gasteiger charge is 2.30. The van der Waals surface area contributed by atoms with Crippen molar-refractivity contribution in [2.24, 2.45) is 0 Å². The van der Waals surface area contributed by atoms with E-state index in [0.29, 0.717) is 36.7 Å². The summed E-state index contributed by atoms with van der Waals surface area (Å²) in [5.74, 6) is 0.0865. The number of rotatable bonds is 5. The van der Waals surface area contributed by atoms with Crippen LogP contribution in [0.2, 0.25) is 5.02 Å². The first-order chi connectivity index (χ1) is 18.7. The number of hydrogen-bond acceptors (Lipinski definition) is 7. The molecule has 39 heavy (non-hydrogen) atoms. The van der Waals surface area contributed by atoms with Crippen LogP contribution in [0.25, 0.3) is 28.1 Å². The van der Waals surface area contributed by atoms with Crippen LogP contribution in [0.3, 0.4) is 0 Å². The van der Waals surface area contributed by atoms with Crippen molar-refractivity contribution in [3.8, 4) is 17.1 Å². The average molecular weight is 548 g/mol. The molecular formula is C28H27ClFN7O2. The zero-order chi connectivity index (χ0) is 27.8. The van der Waals surface area contributed by atoms with Crippen LogP contribution < -0.4 is 10.6 Å². The number of carbonyl (C=O) groups is 1. The Balaban J connectivity index is 1.78. The molecule has 0 radical (unpaired) electrons. The minimum Gasteiger partial charge on any atom is -0.350 e. The molecule has 4 aromatic rings. The lowest BCUT2D eigenvalue weighted by molar-refractivity contribution is -0.126. The first kappa shape index (κ1) is 26.4. The number of fused-ring (bicyclic) bond motifs is 1. The first-order valence-electron chi connectivity index (χ1n) is 12.6. The lowest BCUT2D eigenvalue weighted by Crippen LogP contribution is -2.54. The van der Waals surface area contributed by atoms with Crippen molar-refractivity contribution in [1.82, 2.24) is 29.4 Å². The Hall–Kier alpha value is -4.18. The number of benzene rings is 1. The van der Waals surface area contributed by atoms with Crippen molar-refractivity contribution in [1.29, 1.82) is 0 Å². The van der Waals surface area contributed by atoms with E-state index in [-0.39, 0.29) is 39.8 Å². The van der Waals surface area contributed by atoms with Gasteiger partial charge in [-0.15, -0.1) is 0 Å². The standard InChI is InChI=1S/C28H27ClFN7O2/c1-5-23(38)35-10-11-36(17(4)14-35)26-19-12-21(29)24(18-8-6-7-9-22(18)30)33-27(19)37(28(39)34-26)25-20(16(2)3)13-31-15-32-25/h5-9,12-13,15-17H,1,10-11,14H2,2-4H3/t17-/m0/s1. The monoisotopic (exact) mass is 547 g/mol. The fourth-order valence-electron chi connectivity index (χ4n) is 4.89. The molecule has 1 aliphatic rings. The van der Waals surface area contributed by atoms with E-state index in [1.807, 2.05) is 25.7 Å². The minimum absolute atomic E-state index is 0.00309. The summed E-state index contributed by atoms with van der Waals surface area (Å²) in [5, 5.41) is 0.712. The van der Waals surface area contributed by atoms with Gasteiger partial charge in [0.15, 0.2) is 5.65 Å². The molecule has 0 bridgehead atoms. The Labute approximate surface area is 229 Å². The van der Waals surface area contributed by atoms with Gasteiger partial charge < -0.3 is 9.80 Å². The highest BCUT2D eigenvalue weighted by molar-refractivity contribution is 6.33. The summed E-state index contributed by atoms with van der Waals surface area (Å²) in [5.41, 5.74) is 0.777. The second-order valence-corrected chi connectivity index (χ2v) is 10.1. The maximum absolute atomic E-state index is 14.8. The van der Waals surface area contributed by atoms with Gasteiger partial charge in [-0.05, 0) is 37.1 Å². The predicted molar refractivity (Wildman–Crippen MR) is 149 cm³/mol. The van der Waals surface area contributed by atoms with Gasteiger partial charge in [0.2, 0.25) is 5.91 Å². The largest absolute Gasteiger partial charge is 0.357 e. The second-order valence-electron chi connectivity index (χ2n) is 9.71. The van der Waals surface area contributed by atoms with E-state index in [0.717, 1.165) is 5.56 Å². The van der Waals surface area contributed by atoms with Gasteiger partial charge in [-0.2, -0.15) is 4.98 Å². The number of carbonyl (C=O) groups excluding carboxylic acids is 1. The summed E-state index contributed by atoms with van der Waals surface area (Å²) in [7, 11) is 0. The number of nitrogens with zero attached hydrogens (tertiary/aromatic N) is 7. The van der Waals surface area contributed by atoms with E-state index in [2.05, 4.69) is 21.5 Å². The summed E-state index contributed by atoms with van der Waals surface area (Å²) in [6, 6.07) is 7.69. The van der Waals surface area contributed by atoms with Crippen molar-refractivity contribution in [2.75, 3.05) is 24.5 Å². The molecule has 1 atom stereocenters. The number of pyridine rings is 1. The summed E-state index contributed by atoms with van der Waals surface area (Å²) in [6.45, 7) is 10.8. The Kier molecular flexibility index (Phi) is 7.14. The van der Waals surface area contributed by atoms with Crippen molar-refractivity contribution in [3.63, 3.8) is 0 Å². The molecule has 4 heterocycles. The zero-order valence-electron chi connectivity index (χ0n) is 21.8. The summed E-state index contributed by atoms with van der Waals surface area (Å²) < 4.78 is 16.2. The Morgan fingerprint density at radius 3 is 2.67 bits per heavy atom. The maximum atomic E-state index is 14.8. The maximum Gasteiger partial charge on any atom is 0.357 e. The van der Waals surface area contributed by atoms with Gasteiger partial charge in [0, 0.05) is 43.0 Å². The number of piperazine rings is 1. The van der Waals surface area contributed by atoms with Crippen LogP contribution >= 0.6 is 11.6 Å². The van der Waals surface area contributed by atoms with Crippen molar-refractivity contribution in [3.05, 3.63) is 82.4 Å². The quantitative estimate of drug-likeness (QED) is 0.342. The van der Waals surface area contributed by atoms with Gasteiger partial charge in [0.1, 0.15) is 23.8 Å². The van der Waals surface area contributed by atoms with E-state index in [4.69, 9.17) is 16.6 Å². The molecule has 1 aromatic carbocycles. The van der Waals surface area contributed by atoms with E-state index in [1.54, 1.807) is 35.4 Å². The van der Waals surface area contributed by atoms with Crippen LogP contribution in [0.5, 0.6) is 0 Å². The van der Waals surface area contributed by atoms with Gasteiger partial charge in [-0.3, -0.25) is 4.79 Å². The molecule has 5 rings (SSSR count). The fraction of sp³-hybridized carbons (Fsp3) is 0.286. The molecule has 1 saturated heterocycles. The molecule has 11 heteroatoms. The van der Waals surface area contributed by atoms with Crippen LogP contribution in [-0.4, -0.2) is 61.0 Å². The lowest BCUT2D eigenvalue weighted by Gasteiger charge is -2.40. The third-order valence-electron chi connectivity index (χ3n) is 6.87. The Bertz CT molecular complexity index is 1660. The SMILES string of the molecule is C=CC(=O)N1CCN(c2nc(=O)n(-c3ncncc3C(C)C)c3nc(-c4ccccc4F)c(Cl)cc23)[C@@H](C)C1. The average Bonchev–Trinajstić information content (AvgIpc) is 2.92. The van der Waals surface area contributed by atoms with Crippen LogP contribution in [-0.2, 0) is 4.79 Å². The molecule has 0 aliphatic carbocycles. The molecule has 0 saturated carbocycles. The molecule has 3 aromatic heterocycles. The molecule has 200 valence electrons. The van der Waals surface area contributed by atoms with Gasteiger partial charge in [0.05, 0.1) is 16.1 Å². The Morgan fingerprint density at radius 2 is 1.97 bits per heavy atom. The number of aromatic nitrogens is 5. The van der Waals surface area contributed by atoms with E-state index < -0.39 is 11.5 Å². The normalized spacial score (nSPS) is 15.7. The van der Waals surface area contributed by atoms with Crippen molar-refractivity contribution >= 4 is 34.4 Å². The summed E-state index contributed by atoms with van der Waals surface area (Å²) in [4.78, 5) is 47.4. The van der Waals surface area contributed by atoms with Gasteiger partial charge in [0.25, 0.3) is 0 Å². The molecule has 1 aliphatic heterocycles. The Morgan fingerprint density at radius 1 is 1.21 bits per heavy atom. The van der Waals surface area contributed by atoms with Gasteiger partial charge >= 0.3 is 5.69 Å². The van der Waals surface area contributed by atoms with E-state index >= 15 is 0 Å². The zero-order valence-corrected chi connectivity index (χ0v) is 22.6. The third-order valence-corrected chi connectivity index (χ3v) is 7.16. The first-order valence-corrected chi connectivity index (χ1v) is 13.0. The van der Waals surface area contributed by atoms with E-state index in [1.165, 1.54) is 23.0 Å². The van der Waals surface area contributed by atoms with E-state index in [9.17, 15) is 14.0 Å². The number of amides is 1. The number of halogens is 2. The second kappa shape index (κ2) is 10.5. The van der Waals surface area contributed by atoms with Gasteiger partial charge in [-0.25, -0.2) is 28.7 Å². The molecule has 1 fully saturated rings. The third kappa shape index (κ3) is 4.76. The number of anilines is 1. The summed E-state index contributed by atoms with van der Waals surface area (Å²) in [6.07, 6.45) is 4.31. The van der Waals surface area contributed by atoms with Crippen molar-refractivity contribution < 1.29 is 9.18 Å². The van der Waals surface area contributed by atoms with Gasteiger partial charge in [-0.1, -0.05) is 44.2 Å². The molecule has 0 N–H and O–H groups in total. The highest BCUT2D eigenvalue weighted by atomic mass is 35.5.